The van der Waals surface area contributed by atoms with Gasteiger partial charge >= 0.3 is 29.8 Å². The van der Waals surface area contributed by atoms with Crippen LogP contribution in [0.25, 0.3) is 0 Å². The number of aliphatic hydroxyl groups is 2. The molecule has 0 aromatic heterocycles. The lowest BCUT2D eigenvalue weighted by molar-refractivity contribution is -0.156. The fraction of sp³-hybridized carbons (Fsp3) is 0.633. The molecule has 0 heterocycles. The summed E-state index contributed by atoms with van der Waals surface area (Å²) in [5.41, 5.74) is 0.177. The van der Waals surface area contributed by atoms with Gasteiger partial charge in [0, 0.05) is 52.5 Å². The molecule has 2 rings (SSSR count). The lowest BCUT2D eigenvalue weighted by Gasteiger charge is -2.48. The number of rotatable bonds is 6. The zero-order chi connectivity index (χ0) is 32.1. The van der Waals surface area contributed by atoms with Gasteiger partial charge in [-0.05, 0) is 48.5 Å². The highest BCUT2D eigenvalue weighted by Crippen LogP contribution is 2.51. The zero-order valence-electron chi connectivity index (χ0n) is 25.6. The molecule has 2 N–H and O–H groups in total. The van der Waals surface area contributed by atoms with Gasteiger partial charge in [-0.25, -0.2) is 0 Å². The SMILES string of the molecule is CC(=O)O/C1=C(\C)[C@@H](OC(C)=O)C[C@H](O)/C(CO)=C\[C@H](OC(C)=O)[C@@H]2C[C@H](OC(C)=O)C(C)=C([C@H]1OC(C)=O)C2(C)C. The van der Waals surface area contributed by atoms with Crippen molar-refractivity contribution in [2.75, 3.05) is 6.61 Å². The van der Waals surface area contributed by atoms with Gasteiger partial charge < -0.3 is 33.9 Å². The Morgan fingerprint density at radius 3 is 1.74 bits per heavy atom. The Morgan fingerprint density at radius 1 is 0.786 bits per heavy atom. The Hall–Kier alpha value is -3.51. The first-order valence-electron chi connectivity index (χ1n) is 13.7. The molecule has 0 radical (unpaired) electrons. The van der Waals surface area contributed by atoms with Crippen molar-refractivity contribution in [1.82, 2.24) is 0 Å². The molecule has 0 saturated carbocycles. The van der Waals surface area contributed by atoms with Gasteiger partial charge in [-0.15, -0.1) is 0 Å². The van der Waals surface area contributed by atoms with Gasteiger partial charge in [0.25, 0.3) is 0 Å². The van der Waals surface area contributed by atoms with Crippen LogP contribution in [0.5, 0.6) is 0 Å². The van der Waals surface area contributed by atoms with E-state index in [0.717, 1.165) is 13.8 Å². The molecular weight excluding hydrogens is 552 g/mol. The van der Waals surface area contributed by atoms with Crippen LogP contribution in [-0.2, 0) is 47.7 Å². The van der Waals surface area contributed by atoms with Crippen LogP contribution in [0, 0.1) is 11.3 Å². The monoisotopic (exact) mass is 594 g/mol. The van der Waals surface area contributed by atoms with E-state index in [1.54, 1.807) is 6.92 Å². The second-order valence-electron chi connectivity index (χ2n) is 11.2. The third kappa shape index (κ3) is 8.28. The highest BCUT2D eigenvalue weighted by atomic mass is 16.6. The van der Waals surface area contributed by atoms with Crippen molar-refractivity contribution in [3.63, 3.8) is 0 Å². The van der Waals surface area contributed by atoms with Crippen LogP contribution in [0.2, 0.25) is 0 Å². The van der Waals surface area contributed by atoms with Gasteiger partial charge in [0.1, 0.15) is 18.3 Å². The van der Waals surface area contributed by atoms with Gasteiger partial charge in [0.15, 0.2) is 11.9 Å². The fourth-order valence-corrected chi connectivity index (χ4v) is 5.85. The van der Waals surface area contributed by atoms with E-state index in [4.69, 9.17) is 23.7 Å². The van der Waals surface area contributed by atoms with Crippen molar-refractivity contribution in [3.8, 4) is 0 Å². The summed E-state index contributed by atoms with van der Waals surface area (Å²) in [6.07, 6.45) is -4.54. The third-order valence-corrected chi connectivity index (χ3v) is 7.65. The fourth-order valence-electron chi connectivity index (χ4n) is 5.85. The molecule has 0 aromatic rings. The molecule has 234 valence electrons. The molecule has 0 aromatic carbocycles. The molecular formula is C30H42O12. The number of fused-ring (bicyclic) bond motifs is 2. The van der Waals surface area contributed by atoms with E-state index in [1.807, 2.05) is 13.8 Å². The molecule has 0 saturated heterocycles. The van der Waals surface area contributed by atoms with Crippen molar-refractivity contribution in [2.24, 2.45) is 11.3 Å². The van der Waals surface area contributed by atoms with Crippen molar-refractivity contribution < 1.29 is 57.9 Å². The van der Waals surface area contributed by atoms with Gasteiger partial charge in [-0.2, -0.15) is 0 Å². The van der Waals surface area contributed by atoms with Gasteiger partial charge in [-0.1, -0.05) is 13.8 Å². The first-order chi connectivity index (χ1) is 19.4. The van der Waals surface area contributed by atoms with Crippen LogP contribution >= 0.6 is 0 Å². The maximum Gasteiger partial charge on any atom is 0.307 e. The minimum Gasteiger partial charge on any atom is -0.458 e. The van der Waals surface area contributed by atoms with Crippen LogP contribution in [0.15, 0.2) is 34.1 Å². The number of hydrogen-bond acceptors (Lipinski definition) is 12. The first kappa shape index (κ1) is 34.7. The summed E-state index contributed by atoms with van der Waals surface area (Å²) in [4.78, 5) is 61.5. The molecule has 12 heteroatoms. The maximum absolute atomic E-state index is 12.5. The number of carbonyl (C=O) groups is 5. The Bertz CT molecular complexity index is 1190. The van der Waals surface area contributed by atoms with E-state index in [-0.39, 0.29) is 29.7 Å². The Kier molecular flexibility index (Phi) is 11.7. The van der Waals surface area contributed by atoms with E-state index in [9.17, 15) is 34.2 Å². The predicted molar refractivity (Wildman–Crippen MR) is 147 cm³/mol. The molecule has 2 aliphatic rings. The van der Waals surface area contributed by atoms with Crippen LogP contribution < -0.4 is 0 Å². The topological polar surface area (TPSA) is 172 Å². The van der Waals surface area contributed by atoms with Crippen LogP contribution in [0.3, 0.4) is 0 Å². The van der Waals surface area contributed by atoms with E-state index >= 15 is 0 Å². The van der Waals surface area contributed by atoms with Crippen LogP contribution in [0.1, 0.15) is 75.2 Å². The normalized spacial score (nSPS) is 30.9. The minimum atomic E-state index is -1.40. The number of hydrogen-bond donors (Lipinski definition) is 2. The quantitative estimate of drug-likeness (QED) is 0.262. The third-order valence-electron chi connectivity index (χ3n) is 7.65. The standard InChI is InChI=1S/C30H42O12/c1-14-24(38-16(3)32)11-22-26(40-18(5)34)10-21(13-31)23(37)12-25(39-17(4)33)15(2)28(41-19(6)35)29(42-20(7)36)27(14)30(22,8)9/h10,22-26,29,31,37H,11-13H2,1-9H3/b21-10-,28-15+/t22-,23-,24-,25-,26-,29+/m0/s1. The first-order valence-corrected chi connectivity index (χ1v) is 13.7. The van der Waals surface area contributed by atoms with Crippen LogP contribution in [0.4, 0.5) is 0 Å². The second kappa shape index (κ2) is 14.1. The van der Waals surface area contributed by atoms with Crippen molar-refractivity contribution in [2.45, 2.75) is 106 Å². The van der Waals surface area contributed by atoms with Crippen molar-refractivity contribution in [3.05, 3.63) is 34.1 Å². The van der Waals surface area contributed by atoms with Crippen molar-refractivity contribution in [1.29, 1.82) is 0 Å². The summed E-state index contributed by atoms with van der Waals surface area (Å²) in [5, 5.41) is 21.4. The molecule has 0 amide bonds. The molecule has 0 aliphatic heterocycles. The Labute approximate surface area is 245 Å². The molecule has 2 bridgehead atoms. The average molecular weight is 595 g/mol. The molecule has 6 atom stereocenters. The summed E-state index contributed by atoms with van der Waals surface area (Å²) in [5.74, 6) is -4.23. The average Bonchev–Trinajstić information content (AvgIpc) is 2.83. The summed E-state index contributed by atoms with van der Waals surface area (Å²) >= 11 is 0. The molecule has 0 unspecified atom stereocenters. The minimum absolute atomic E-state index is 0.0880. The predicted octanol–water partition coefficient (Wildman–Crippen LogP) is 2.60. The Morgan fingerprint density at radius 2 is 1.29 bits per heavy atom. The number of aliphatic hydroxyl groups excluding tert-OH is 2. The van der Waals surface area contributed by atoms with E-state index in [1.165, 1.54) is 33.8 Å². The van der Waals surface area contributed by atoms with Gasteiger partial charge in [-0.3, -0.25) is 24.0 Å². The highest BCUT2D eigenvalue weighted by Gasteiger charge is 2.51. The lowest BCUT2D eigenvalue weighted by Crippen LogP contribution is -2.49. The van der Waals surface area contributed by atoms with E-state index in [0.29, 0.717) is 11.1 Å². The van der Waals surface area contributed by atoms with E-state index in [2.05, 4.69) is 0 Å². The highest BCUT2D eigenvalue weighted by molar-refractivity contribution is 5.70. The summed E-state index contributed by atoms with van der Waals surface area (Å²) in [6.45, 7) is 12.2. The van der Waals surface area contributed by atoms with E-state index < -0.39 is 78.3 Å². The number of carbonyl (C=O) groups excluding carboxylic acids is 5. The van der Waals surface area contributed by atoms with Gasteiger partial charge in [0.05, 0.1) is 12.7 Å². The number of esters is 5. The summed E-state index contributed by atoms with van der Waals surface area (Å²) in [6, 6.07) is 0. The largest absolute Gasteiger partial charge is 0.458 e. The molecule has 0 fully saturated rings. The van der Waals surface area contributed by atoms with Crippen molar-refractivity contribution >= 4 is 29.8 Å². The smallest absolute Gasteiger partial charge is 0.307 e. The lowest BCUT2D eigenvalue weighted by atomic mass is 9.60. The summed E-state index contributed by atoms with van der Waals surface area (Å²) < 4.78 is 28.4. The number of ether oxygens (including phenoxy) is 5. The van der Waals surface area contributed by atoms with Gasteiger partial charge in [0.2, 0.25) is 0 Å². The molecule has 12 nitrogen and oxygen atoms in total. The molecule has 0 spiro atoms. The zero-order valence-corrected chi connectivity index (χ0v) is 25.6. The Balaban J connectivity index is 3.13. The van der Waals surface area contributed by atoms with Crippen LogP contribution in [-0.4, -0.2) is 77.2 Å². The summed E-state index contributed by atoms with van der Waals surface area (Å²) in [7, 11) is 0. The molecule has 2 aliphatic carbocycles. The maximum atomic E-state index is 12.5. The molecule has 42 heavy (non-hydrogen) atoms. The second-order valence-corrected chi connectivity index (χ2v) is 11.2.